The normalized spacial score (nSPS) is 16.7. The van der Waals surface area contributed by atoms with Crippen molar-refractivity contribution in [2.24, 2.45) is 7.05 Å². The highest BCUT2D eigenvalue weighted by molar-refractivity contribution is 7.07. The molecule has 0 spiro atoms. The summed E-state index contributed by atoms with van der Waals surface area (Å²) in [5, 5.41) is 2.69. The molecule has 0 N–H and O–H groups in total. The summed E-state index contributed by atoms with van der Waals surface area (Å²) in [6, 6.07) is 1.74. The lowest BCUT2D eigenvalue weighted by Crippen LogP contribution is -2.35. The molecular formula is C15H19ClN4OS. The standard InChI is InChI=1S/C15H19ClN4OS/c1-18-8-12(16)7-14(18)15(21)20-4-2-3-19(5-6-20)9-13-10-22-11-17-13/h7-8,10-11H,2-6,9H2,1H3. The summed E-state index contributed by atoms with van der Waals surface area (Å²) in [4.78, 5) is 21.2. The van der Waals surface area contributed by atoms with Gasteiger partial charge >= 0.3 is 0 Å². The maximum absolute atomic E-state index is 12.6. The fraction of sp³-hybridized carbons (Fsp3) is 0.467. The van der Waals surface area contributed by atoms with Gasteiger partial charge in [-0.2, -0.15) is 0 Å². The molecule has 5 nitrogen and oxygen atoms in total. The van der Waals surface area contributed by atoms with Crippen molar-refractivity contribution in [1.29, 1.82) is 0 Å². The van der Waals surface area contributed by atoms with Crippen LogP contribution in [0.1, 0.15) is 22.6 Å². The van der Waals surface area contributed by atoms with Crippen molar-refractivity contribution < 1.29 is 4.79 Å². The third-order valence-electron chi connectivity index (χ3n) is 3.94. The van der Waals surface area contributed by atoms with Gasteiger partial charge in [0.1, 0.15) is 5.69 Å². The summed E-state index contributed by atoms with van der Waals surface area (Å²) in [7, 11) is 1.85. The molecule has 1 amide bonds. The Kier molecular flexibility index (Phi) is 4.81. The largest absolute Gasteiger partial charge is 0.345 e. The Morgan fingerprint density at radius 3 is 2.91 bits per heavy atom. The zero-order valence-corrected chi connectivity index (χ0v) is 14.1. The minimum atomic E-state index is 0.0601. The maximum Gasteiger partial charge on any atom is 0.270 e. The molecule has 22 heavy (non-hydrogen) atoms. The predicted octanol–water partition coefficient (Wildman–Crippen LogP) is 2.48. The molecule has 118 valence electrons. The molecule has 1 fully saturated rings. The Morgan fingerprint density at radius 2 is 2.23 bits per heavy atom. The minimum absolute atomic E-state index is 0.0601. The first kappa shape index (κ1) is 15.5. The van der Waals surface area contributed by atoms with Gasteiger partial charge < -0.3 is 9.47 Å². The SMILES string of the molecule is Cn1cc(Cl)cc1C(=O)N1CCCN(Cc2cscn2)CC1. The van der Waals surface area contributed by atoms with E-state index in [-0.39, 0.29) is 5.91 Å². The molecule has 2 aromatic heterocycles. The summed E-state index contributed by atoms with van der Waals surface area (Å²) in [6.45, 7) is 4.26. The van der Waals surface area contributed by atoms with Gasteiger partial charge in [-0.1, -0.05) is 11.6 Å². The van der Waals surface area contributed by atoms with Crippen LogP contribution in [-0.2, 0) is 13.6 Å². The number of thiazole rings is 1. The smallest absolute Gasteiger partial charge is 0.270 e. The molecule has 0 bridgehead atoms. The number of hydrogen-bond acceptors (Lipinski definition) is 4. The first-order chi connectivity index (χ1) is 10.6. The molecule has 0 aromatic carbocycles. The predicted molar refractivity (Wildman–Crippen MR) is 88.3 cm³/mol. The number of aromatic nitrogens is 2. The number of nitrogens with zero attached hydrogens (tertiary/aromatic N) is 4. The van der Waals surface area contributed by atoms with Crippen LogP contribution in [0.5, 0.6) is 0 Å². The first-order valence-corrected chi connectivity index (χ1v) is 8.66. The van der Waals surface area contributed by atoms with E-state index in [1.54, 1.807) is 28.2 Å². The second kappa shape index (κ2) is 6.81. The van der Waals surface area contributed by atoms with E-state index in [1.165, 1.54) is 0 Å². The van der Waals surface area contributed by atoms with E-state index in [1.807, 2.05) is 17.5 Å². The van der Waals surface area contributed by atoms with Crippen LogP contribution in [0.2, 0.25) is 5.02 Å². The molecule has 0 unspecified atom stereocenters. The van der Waals surface area contributed by atoms with E-state index in [0.717, 1.165) is 44.8 Å². The van der Waals surface area contributed by atoms with Crippen LogP contribution < -0.4 is 0 Å². The van der Waals surface area contributed by atoms with Gasteiger partial charge in [-0.3, -0.25) is 9.69 Å². The molecule has 0 radical (unpaired) electrons. The molecule has 1 aliphatic heterocycles. The van der Waals surface area contributed by atoms with Crippen molar-refractivity contribution in [3.63, 3.8) is 0 Å². The van der Waals surface area contributed by atoms with Crippen LogP contribution >= 0.6 is 22.9 Å². The minimum Gasteiger partial charge on any atom is -0.345 e. The highest BCUT2D eigenvalue weighted by Crippen LogP contribution is 2.16. The molecule has 3 rings (SSSR count). The van der Waals surface area contributed by atoms with Gasteiger partial charge in [-0.15, -0.1) is 11.3 Å². The lowest BCUT2D eigenvalue weighted by atomic mass is 10.3. The topological polar surface area (TPSA) is 41.4 Å². The summed E-state index contributed by atoms with van der Waals surface area (Å²) >= 11 is 7.60. The second-order valence-corrected chi connectivity index (χ2v) is 6.71. The van der Waals surface area contributed by atoms with Crippen molar-refractivity contribution >= 4 is 28.8 Å². The Balaban J connectivity index is 1.62. The number of aryl methyl sites for hydroxylation is 1. The molecule has 0 aliphatic carbocycles. The molecule has 1 aliphatic rings. The van der Waals surface area contributed by atoms with E-state index < -0.39 is 0 Å². The number of carbonyl (C=O) groups excluding carboxylic acids is 1. The van der Waals surface area contributed by atoms with Gasteiger partial charge in [0.25, 0.3) is 5.91 Å². The van der Waals surface area contributed by atoms with Gasteiger partial charge in [0.05, 0.1) is 16.2 Å². The second-order valence-electron chi connectivity index (χ2n) is 5.56. The lowest BCUT2D eigenvalue weighted by Gasteiger charge is -2.21. The first-order valence-electron chi connectivity index (χ1n) is 7.34. The monoisotopic (exact) mass is 338 g/mol. The summed E-state index contributed by atoms with van der Waals surface area (Å²) in [5.74, 6) is 0.0601. The third kappa shape index (κ3) is 3.51. The number of carbonyl (C=O) groups is 1. The van der Waals surface area contributed by atoms with Crippen molar-refractivity contribution in [3.8, 4) is 0 Å². The summed E-state index contributed by atoms with van der Waals surface area (Å²) < 4.78 is 1.79. The van der Waals surface area contributed by atoms with E-state index in [2.05, 4.69) is 15.3 Å². The van der Waals surface area contributed by atoms with E-state index >= 15 is 0 Å². The summed E-state index contributed by atoms with van der Waals surface area (Å²) in [5.41, 5.74) is 3.62. The third-order valence-corrected chi connectivity index (χ3v) is 4.78. The quantitative estimate of drug-likeness (QED) is 0.863. The van der Waals surface area contributed by atoms with Crippen molar-refractivity contribution in [2.75, 3.05) is 26.2 Å². The Morgan fingerprint density at radius 1 is 1.36 bits per heavy atom. The Hall–Kier alpha value is -1.37. The maximum atomic E-state index is 12.6. The molecule has 1 saturated heterocycles. The number of rotatable bonds is 3. The fourth-order valence-electron chi connectivity index (χ4n) is 2.78. The number of amides is 1. The average molecular weight is 339 g/mol. The van der Waals surface area contributed by atoms with E-state index in [0.29, 0.717) is 10.7 Å². The van der Waals surface area contributed by atoms with E-state index in [4.69, 9.17) is 11.6 Å². The van der Waals surface area contributed by atoms with Crippen molar-refractivity contribution in [3.05, 3.63) is 39.6 Å². The highest BCUT2D eigenvalue weighted by Gasteiger charge is 2.22. The molecule has 0 atom stereocenters. The zero-order chi connectivity index (χ0) is 15.5. The van der Waals surface area contributed by atoms with Crippen LogP contribution in [0.3, 0.4) is 0 Å². The van der Waals surface area contributed by atoms with Gasteiger partial charge in [0, 0.05) is 51.3 Å². The zero-order valence-electron chi connectivity index (χ0n) is 12.5. The van der Waals surface area contributed by atoms with Gasteiger partial charge in [0.15, 0.2) is 0 Å². The molecule has 3 heterocycles. The highest BCUT2D eigenvalue weighted by atomic mass is 35.5. The van der Waals surface area contributed by atoms with Crippen LogP contribution in [-0.4, -0.2) is 51.4 Å². The molecule has 7 heteroatoms. The van der Waals surface area contributed by atoms with Gasteiger partial charge in [-0.25, -0.2) is 4.98 Å². The molecular weight excluding hydrogens is 320 g/mol. The van der Waals surface area contributed by atoms with Gasteiger partial charge in [0.2, 0.25) is 0 Å². The van der Waals surface area contributed by atoms with Crippen LogP contribution in [0, 0.1) is 0 Å². The fourth-order valence-corrected chi connectivity index (χ4v) is 3.57. The van der Waals surface area contributed by atoms with E-state index in [9.17, 15) is 4.79 Å². The number of halogens is 1. The van der Waals surface area contributed by atoms with Crippen molar-refractivity contribution in [2.45, 2.75) is 13.0 Å². The lowest BCUT2D eigenvalue weighted by molar-refractivity contribution is 0.0751. The molecule has 2 aromatic rings. The van der Waals surface area contributed by atoms with Crippen molar-refractivity contribution in [1.82, 2.24) is 19.4 Å². The van der Waals surface area contributed by atoms with Gasteiger partial charge in [-0.05, 0) is 12.5 Å². The molecule has 0 saturated carbocycles. The number of hydrogen-bond donors (Lipinski definition) is 0. The Labute approximate surface area is 139 Å². The van der Waals surface area contributed by atoms with Crippen LogP contribution in [0.15, 0.2) is 23.2 Å². The summed E-state index contributed by atoms with van der Waals surface area (Å²) in [6.07, 6.45) is 2.75. The Bertz CT molecular complexity index is 640. The average Bonchev–Trinajstić information content (AvgIpc) is 3.03. The van der Waals surface area contributed by atoms with Crippen LogP contribution in [0.25, 0.3) is 0 Å². The van der Waals surface area contributed by atoms with Crippen LogP contribution in [0.4, 0.5) is 0 Å².